The third-order valence-corrected chi connectivity index (χ3v) is 8.54. The second kappa shape index (κ2) is 12.0. The molecule has 3 rings (SSSR count). The molecule has 0 aliphatic heterocycles. The molecule has 1 N–H and O–H groups in total. The van der Waals surface area contributed by atoms with Gasteiger partial charge in [-0.25, -0.2) is 8.42 Å². The summed E-state index contributed by atoms with van der Waals surface area (Å²) in [5, 5.41) is 2.96. The molecule has 1 atom stereocenters. The number of carbonyl (C=O) groups excluding carboxylic acids is 1. The highest BCUT2D eigenvalue weighted by molar-refractivity contribution is 7.98. The Labute approximate surface area is 225 Å². The van der Waals surface area contributed by atoms with Crippen LogP contribution in [0.3, 0.4) is 0 Å². The summed E-state index contributed by atoms with van der Waals surface area (Å²) < 4.78 is 34.4. The van der Waals surface area contributed by atoms with Gasteiger partial charge in [0.25, 0.3) is 10.0 Å². The molecule has 0 saturated carbocycles. The number of hydrogen-bond acceptors (Lipinski definition) is 5. The first-order valence-corrected chi connectivity index (χ1v) is 14.9. The largest absolute Gasteiger partial charge is 0.492 e. The van der Waals surface area contributed by atoms with E-state index in [2.05, 4.69) is 38.2 Å². The van der Waals surface area contributed by atoms with Crippen LogP contribution in [-0.2, 0) is 20.2 Å². The lowest BCUT2D eigenvalue weighted by atomic mass is 9.86. The molecular weight excluding hydrogens is 504 g/mol. The van der Waals surface area contributed by atoms with E-state index < -0.39 is 15.9 Å². The van der Waals surface area contributed by atoms with E-state index in [1.54, 1.807) is 48.5 Å². The zero-order valence-corrected chi connectivity index (χ0v) is 23.9. The van der Waals surface area contributed by atoms with Crippen molar-refractivity contribution in [1.82, 2.24) is 5.32 Å². The molecule has 0 radical (unpaired) electrons. The molecule has 1 amide bonds. The molecule has 6 nitrogen and oxygen atoms in total. The molecule has 0 saturated heterocycles. The van der Waals surface area contributed by atoms with Gasteiger partial charge in [-0.1, -0.05) is 57.2 Å². The Bertz CT molecular complexity index is 1300. The maximum Gasteiger partial charge on any atom is 0.264 e. The predicted molar refractivity (Wildman–Crippen MR) is 152 cm³/mol. The van der Waals surface area contributed by atoms with E-state index in [1.807, 2.05) is 32.2 Å². The van der Waals surface area contributed by atoms with E-state index in [4.69, 9.17) is 4.74 Å². The fourth-order valence-electron chi connectivity index (χ4n) is 3.89. The van der Waals surface area contributed by atoms with Gasteiger partial charge in [-0.05, 0) is 73.0 Å². The first-order chi connectivity index (χ1) is 17.5. The van der Waals surface area contributed by atoms with Crippen molar-refractivity contribution in [2.75, 3.05) is 23.7 Å². The van der Waals surface area contributed by atoms with Gasteiger partial charge in [0, 0.05) is 4.90 Å². The molecule has 3 aromatic rings. The minimum Gasteiger partial charge on any atom is -0.492 e. The summed E-state index contributed by atoms with van der Waals surface area (Å²) in [7, 11) is -4.05. The van der Waals surface area contributed by atoms with Gasteiger partial charge >= 0.3 is 0 Å². The quantitative estimate of drug-likeness (QED) is 0.311. The lowest BCUT2D eigenvalue weighted by molar-refractivity contribution is -0.120. The van der Waals surface area contributed by atoms with Crippen molar-refractivity contribution in [2.24, 2.45) is 0 Å². The highest BCUT2D eigenvalue weighted by Gasteiger charge is 2.30. The van der Waals surface area contributed by atoms with E-state index in [9.17, 15) is 13.2 Å². The summed E-state index contributed by atoms with van der Waals surface area (Å²) >= 11 is 1.53. The summed E-state index contributed by atoms with van der Waals surface area (Å²) in [6.45, 7) is 10.1. The topological polar surface area (TPSA) is 75.7 Å². The van der Waals surface area contributed by atoms with Gasteiger partial charge < -0.3 is 10.1 Å². The smallest absolute Gasteiger partial charge is 0.264 e. The number of ether oxygens (including phenoxy) is 1. The molecular formula is C29H36N2O4S2. The highest BCUT2D eigenvalue weighted by Crippen LogP contribution is 2.33. The molecule has 0 spiro atoms. The number of amides is 1. The summed E-state index contributed by atoms with van der Waals surface area (Å²) in [6, 6.07) is 21.3. The van der Waals surface area contributed by atoms with E-state index in [1.165, 1.54) is 17.3 Å². The summed E-state index contributed by atoms with van der Waals surface area (Å²) in [4.78, 5) is 14.3. The van der Waals surface area contributed by atoms with Crippen molar-refractivity contribution in [2.45, 2.75) is 55.9 Å². The summed E-state index contributed by atoms with van der Waals surface area (Å²) in [6.07, 6.45) is 1.93. The summed E-state index contributed by atoms with van der Waals surface area (Å²) in [5.41, 5.74) is 2.49. The normalized spacial score (nSPS) is 12.6. The lowest BCUT2D eigenvalue weighted by Crippen LogP contribution is -2.41. The average Bonchev–Trinajstić information content (AvgIpc) is 2.87. The zero-order valence-electron chi connectivity index (χ0n) is 22.3. The fourth-order valence-corrected chi connectivity index (χ4v) is 5.73. The van der Waals surface area contributed by atoms with Crippen LogP contribution in [0, 0.1) is 0 Å². The van der Waals surface area contributed by atoms with Crippen molar-refractivity contribution in [3.63, 3.8) is 0 Å². The Hall–Kier alpha value is -2.97. The minimum absolute atomic E-state index is 0.0296. The van der Waals surface area contributed by atoms with Gasteiger partial charge in [0.15, 0.2) is 0 Å². The van der Waals surface area contributed by atoms with Crippen molar-refractivity contribution < 1.29 is 17.9 Å². The number of nitrogens with zero attached hydrogens (tertiary/aromatic N) is 1. The number of carbonyl (C=O) groups is 1. The minimum atomic E-state index is -4.05. The first-order valence-electron chi connectivity index (χ1n) is 12.3. The zero-order chi connectivity index (χ0) is 27.2. The van der Waals surface area contributed by atoms with E-state index in [0.29, 0.717) is 18.0 Å². The second-order valence-electron chi connectivity index (χ2n) is 9.75. The van der Waals surface area contributed by atoms with Crippen LogP contribution in [-0.4, -0.2) is 33.7 Å². The molecule has 8 heteroatoms. The highest BCUT2D eigenvalue weighted by atomic mass is 32.2. The van der Waals surface area contributed by atoms with E-state index in [0.717, 1.165) is 14.8 Å². The predicted octanol–water partition coefficient (Wildman–Crippen LogP) is 6.18. The van der Waals surface area contributed by atoms with Crippen molar-refractivity contribution in [1.29, 1.82) is 0 Å². The maximum absolute atomic E-state index is 13.8. The molecule has 198 valence electrons. The van der Waals surface area contributed by atoms with Crippen molar-refractivity contribution in [3.05, 3.63) is 83.9 Å². The second-order valence-corrected chi connectivity index (χ2v) is 12.5. The molecule has 0 fully saturated rings. The van der Waals surface area contributed by atoms with Crippen LogP contribution in [0.15, 0.2) is 82.6 Å². The van der Waals surface area contributed by atoms with Crippen LogP contribution in [0.2, 0.25) is 0 Å². The standard InChI is InChI=1S/C29H36N2O4S2/c1-7-35-27-11-9-8-10-26(27)31(37(33,34)25-18-16-24(36-6)17-19-25)20-28(32)30-21(2)22-12-14-23(15-13-22)29(3,4)5/h8-19,21H,7,20H2,1-6H3,(H,30,32)/t21-/m0/s1. The van der Waals surface area contributed by atoms with Crippen LogP contribution in [0.4, 0.5) is 5.69 Å². The van der Waals surface area contributed by atoms with Crippen LogP contribution < -0.4 is 14.4 Å². The fraction of sp³-hybridized carbons (Fsp3) is 0.345. The molecule has 0 aromatic heterocycles. The van der Waals surface area contributed by atoms with Crippen LogP contribution in [0.25, 0.3) is 0 Å². The lowest BCUT2D eigenvalue weighted by Gasteiger charge is -2.27. The van der Waals surface area contributed by atoms with Crippen molar-refractivity contribution >= 4 is 33.4 Å². The Kier molecular flexibility index (Phi) is 9.31. The Morgan fingerprint density at radius 2 is 1.62 bits per heavy atom. The molecule has 0 heterocycles. The molecule has 0 unspecified atom stereocenters. The Balaban J connectivity index is 1.91. The van der Waals surface area contributed by atoms with Gasteiger partial charge in [-0.3, -0.25) is 9.10 Å². The number of benzene rings is 3. The number of rotatable bonds is 10. The number of hydrogen-bond donors (Lipinski definition) is 1. The number of para-hydroxylation sites is 2. The van der Waals surface area contributed by atoms with Gasteiger partial charge in [0.05, 0.1) is 23.2 Å². The molecule has 37 heavy (non-hydrogen) atoms. The Morgan fingerprint density at radius 1 is 1.00 bits per heavy atom. The number of anilines is 1. The van der Waals surface area contributed by atoms with E-state index in [-0.39, 0.29) is 22.9 Å². The number of nitrogens with one attached hydrogen (secondary N) is 1. The molecule has 3 aromatic carbocycles. The van der Waals surface area contributed by atoms with Gasteiger partial charge in [0.2, 0.25) is 5.91 Å². The van der Waals surface area contributed by atoms with Gasteiger partial charge in [-0.2, -0.15) is 0 Å². The summed E-state index contributed by atoms with van der Waals surface area (Å²) in [5.74, 6) is -0.0177. The monoisotopic (exact) mass is 540 g/mol. The third-order valence-electron chi connectivity index (χ3n) is 6.02. The molecule has 0 aliphatic carbocycles. The number of thioether (sulfide) groups is 1. The average molecular weight is 541 g/mol. The third kappa shape index (κ3) is 7.08. The van der Waals surface area contributed by atoms with Crippen molar-refractivity contribution in [3.8, 4) is 5.75 Å². The van der Waals surface area contributed by atoms with Gasteiger partial charge in [0.1, 0.15) is 12.3 Å². The van der Waals surface area contributed by atoms with Crippen LogP contribution in [0.5, 0.6) is 5.75 Å². The van der Waals surface area contributed by atoms with E-state index >= 15 is 0 Å². The first kappa shape index (κ1) is 28.6. The Morgan fingerprint density at radius 3 is 2.19 bits per heavy atom. The number of sulfonamides is 1. The van der Waals surface area contributed by atoms with Gasteiger partial charge in [-0.15, -0.1) is 11.8 Å². The molecule has 0 aliphatic rings. The SMILES string of the molecule is CCOc1ccccc1N(CC(=O)N[C@@H](C)c1ccc(C(C)(C)C)cc1)S(=O)(=O)c1ccc(SC)cc1. The van der Waals surface area contributed by atoms with Crippen LogP contribution >= 0.6 is 11.8 Å². The molecule has 0 bridgehead atoms. The maximum atomic E-state index is 13.8. The van der Waals surface area contributed by atoms with Crippen LogP contribution in [0.1, 0.15) is 51.8 Å².